The molecule has 0 aliphatic rings. The van der Waals surface area contributed by atoms with Crippen molar-refractivity contribution in [1.82, 2.24) is 15.0 Å². The van der Waals surface area contributed by atoms with E-state index in [1.807, 2.05) is 19.1 Å². The highest BCUT2D eigenvalue weighted by molar-refractivity contribution is 7.99. The molecule has 0 aliphatic heterocycles. The van der Waals surface area contributed by atoms with Gasteiger partial charge in [-0.05, 0) is 24.8 Å². The lowest BCUT2D eigenvalue weighted by molar-refractivity contribution is 0.779. The maximum absolute atomic E-state index is 5.88. The summed E-state index contributed by atoms with van der Waals surface area (Å²) in [6, 6.07) is 3.84. The predicted octanol–water partition coefficient (Wildman–Crippen LogP) is 2.04. The lowest BCUT2D eigenvalue weighted by Crippen LogP contribution is -2.07. The van der Waals surface area contributed by atoms with Gasteiger partial charge in [0.15, 0.2) is 0 Å². The second-order valence-corrected chi connectivity index (χ2v) is 4.34. The van der Waals surface area contributed by atoms with E-state index in [4.69, 9.17) is 5.73 Å². The van der Waals surface area contributed by atoms with Gasteiger partial charge in [-0.2, -0.15) is 0 Å². The zero-order valence-electron chi connectivity index (χ0n) is 8.87. The topological polar surface area (TPSA) is 64.7 Å². The van der Waals surface area contributed by atoms with Gasteiger partial charge in [-0.15, -0.1) is 0 Å². The van der Waals surface area contributed by atoms with Gasteiger partial charge in [-0.1, -0.05) is 6.07 Å². The molecule has 0 aliphatic carbocycles. The molecule has 0 radical (unpaired) electrons. The van der Waals surface area contributed by atoms with Crippen LogP contribution in [0.5, 0.6) is 0 Å². The van der Waals surface area contributed by atoms with Crippen molar-refractivity contribution in [2.75, 3.05) is 0 Å². The van der Waals surface area contributed by atoms with Crippen molar-refractivity contribution in [3.63, 3.8) is 0 Å². The summed E-state index contributed by atoms with van der Waals surface area (Å²) in [4.78, 5) is 12.5. The van der Waals surface area contributed by atoms with Crippen LogP contribution in [0.25, 0.3) is 0 Å². The number of hydrogen-bond donors (Lipinski definition) is 1. The standard InChI is InChI=1S/C11H12N4S/c1-8(12)9-3-2-4-15-11(9)16-10-7-13-5-6-14-10/h2-8H,12H2,1H3/t8-/m0/s1. The Morgan fingerprint density at radius 1 is 1.25 bits per heavy atom. The van der Waals surface area contributed by atoms with Crippen molar-refractivity contribution in [2.24, 2.45) is 5.73 Å². The van der Waals surface area contributed by atoms with E-state index in [-0.39, 0.29) is 6.04 Å². The third-order valence-corrected chi connectivity index (χ3v) is 2.99. The highest BCUT2D eigenvalue weighted by atomic mass is 32.2. The van der Waals surface area contributed by atoms with Gasteiger partial charge in [0.2, 0.25) is 0 Å². The molecule has 0 unspecified atom stereocenters. The molecule has 2 aromatic rings. The summed E-state index contributed by atoms with van der Waals surface area (Å²) in [5, 5.41) is 1.71. The fraction of sp³-hybridized carbons (Fsp3) is 0.182. The van der Waals surface area contributed by atoms with E-state index >= 15 is 0 Å². The summed E-state index contributed by atoms with van der Waals surface area (Å²) in [6.45, 7) is 1.94. The highest BCUT2D eigenvalue weighted by Gasteiger charge is 2.09. The molecule has 0 saturated heterocycles. The SMILES string of the molecule is C[C@H](N)c1cccnc1Sc1cnccn1. The van der Waals surface area contributed by atoms with Gasteiger partial charge in [0.05, 0.1) is 6.20 Å². The van der Waals surface area contributed by atoms with E-state index in [0.29, 0.717) is 0 Å². The second kappa shape index (κ2) is 5.05. The van der Waals surface area contributed by atoms with Crippen LogP contribution in [-0.2, 0) is 0 Å². The first kappa shape index (κ1) is 11.0. The number of nitrogens with zero attached hydrogens (tertiary/aromatic N) is 3. The molecule has 4 nitrogen and oxygen atoms in total. The summed E-state index contributed by atoms with van der Waals surface area (Å²) in [5.74, 6) is 0. The number of aromatic nitrogens is 3. The van der Waals surface area contributed by atoms with Gasteiger partial charge in [0, 0.05) is 30.2 Å². The first-order valence-electron chi connectivity index (χ1n) is 4.91. The normalized spacial score (nSPS) is 12.4. The monoisotopic (exact) mass is 232 g/mol. The Hall–Kier alpha value is -1.46. The van der Waals surface area contributed by atoms with Crippen molar-refractivity contribution in [3.8, 4) is 0 Å². The van der Waals surface area contributed by atoms with Crippen LogP contribution in [0, 0.1) is 0 Å². The van der Waals surface area contributed by atoms with Crippen LogP contribution in [0.1, 0.15) is 18.5 Å². The van der Waals surface area contributed by atoms with Crippen LogP contribution in [-0.4, -0.2) is 15.0 Å². The Labute approximate surface area is 98.3 Å². The van der Waals surface area contributed by atoms with E-state index in [0.717, 1.165) is 15.6 Å². The molecule has 0 bridgehead atoms. The number of hydrogen-bond acceptors (Lipinski definition) is 5. The summed E-state index contributed by atoms with van der Waals surface area (Å²) in [5.41, 5.74) is 6.90. The molecule has 1 atom stereocenters. The van der Waals surface area contributed by atoms with E-state index < -0.39 is 0 Å². The maximum atomic E-state index is 5.88. The lowest BCUT2D eigenvalue weighted by Gasteiger charge is -2.09. The zero-order chi connectivity index (χ0) is 11.4. The molecule has 16 heavy (non-hydrogen) atoms. The van der Waals surface area contributed by atoms with E-state index in [9.17, 15) is 0 Å². The fourth-order valence-electron chi connectivity index (χ4n) is 1.27. The van der Waals surface area contributed by atoms with Crippen molar-refractivity contribution >= 4 is 11.8 Å². The third kappa shape index (κ3) is 2.56. The van der Waals surface area contributed by atoms with Gasteiger partial charge >= 0.3 is 0 Å². The number of pyridine rings is 1. The Morgan fingerprint density at radius 3 is 2.81 bits per heavy atom. The Bertz CT molecular complexity index is 459. The largest absolute Gasteiger partial charge is 0.324 e. The average molecular weight is 232 g/mol. The predicted molar refractivity (Wildman–Crippen MR) is 63.0 cm³/mol. The number of rotatable bonds is 3. The van der Waals surface area contributed by atoms with Gasteiger partial charge in [-0.3, -0.25) is 4.98 Å². The summed E-state index contributed by atoms with van der Waals surface area (Å²) in [6.07, 6.45) is 6.78. The zero-order valence-corrected chi connectivity index (χ0v) is 9.69. The van der Waals surface area contributed by atoms with Gasteiger partial charge < -0.3 is 5.73 Å². The molecule has 82 valence electrons. The van der Waals surface area contributed by atoms with E-state index in [2.05, 4.69) is 15.0 Å². The molecule has 2 N–H and O–H groups in total. The summed E-state index contributed by atoms with van der Waals surface area (Å²) in [7, 11) is 0. The minimum Gasteiger partial charge on any atom is -0.324 e. The Kier molecular flexibility index (Phi) is 3.48. The van der Waals surface area contributed by atoms with Crippen LogP contribution in [0.15, 0.2) is 47.0 Å². The summed E-state index contributed by atoms with van der Waals surface area (Å²) >= 11 is 1.48. The summed E-state index contributed by atoms with van der Waals surface area (Å²) < 4.78 is 0. The molecule has 2 rings (SSSR count). The molecule has 2 heterocycles. The quantitative estimate of drug-likeness (QED) is 0.877. The molecule has 2 aromatic heterocycles. The molecule has 0 saturated carbocycles. The molecule has 5 heteroatoms. The van der Waals surface area contributed by atoms with Crippen LogP contribution in [0.4, 0.5) is 0 Å². The van der Waals surface area contributed by atoms with Crippen molar-refractivity contribution < 1.29 is 0 Å². The second-order valence-electron chi connectivity index (χ2n) is 3.33. The Morgan fingerprint density at radius 2 is 2.12 bits per heavy atom. The van der Waals surface area contributed by atoms with Gasteiger partial charge in [-0.25, -0.2) is 9.97 Å². The minimum absolute atomic E-state index is 0.0344. The minimum atomic E-state index is -0.0344. The molecule has 0 fully saturated rings. The number of nitrogens with two attached hydrogens (primary N) is 1. The van der Waals surface area contributed by atoms with E-state index in [1.54, 1.807) is 24.8 Å². The average Bonchev–Trinajstić information content (AvgIpc) is 2.31. The molecular formula is C11H12N4S. The van der Waals surface area contributed by atoms with Gasteiger partial charge in [0.25, 0.3) is 0 Å². The first-order valence-corrected chi connectivity index (χ1v) is 5.73. The third-order valence-electron chi connectivity index (χ3n) is 2.03. The van der Waals surface area contributed by atoms with Crippen LogP contribution in [0.2, 0.25) is 0 Å². The van der Waals surface area contributed by atoms with Crippen LogP contribution >= 0.6 is 11.8 Å². The van der Waals surface area contributed by atoms with Gasteiger partial charge in [0.1, 0.15) is 10.1 Å². The molecule has 0 spiro atoms. The fourth-order valence-corrected chi connectivity index (χ4v) is 2.18. The molecule has 0 amide bonds. The van der Waals surface area contributed by atoms with E-state index in [1.165, 1.54) is 11.8 Å². The van der Waals surface area contributed by atoms with Crippen molar-refractivity contribution in [3.05, 3.63) is 42.5 Å². The smallest absolute Gasteiger partial charge is 0.121 e. The Balaban J connectivity index is 2.28. The highest BCUT2D eigenvalue weighted by Crippen LogP contribution is 2.28. The van der Waals surface area contributed by atoms with Crippen molar-refractivity contribution in [2.45, 2.75) is 23.0 Å². The maximum Gasteiger partial charge on any atom is 0.121 e. The van der Waals surface area contributed by atoms with Crippen molar-refractivity contribution in [1.29, 1.82) is 0 Å². The van der Waals surface area contributed by atoms with Crippen LogP contribution < -0.4 is 5.73 Å². The molecular weight excluding hydrogens is 220 g/mol. The lowest BCUT2D eigenvalue weighted by atomic mass is 10.2. The first-order chi connectivity index (χ1) is 7.77. The van der Waals surface area contributed by atoms with Crippen LogP contribution in [0.3, 0.4) is 0 Å². The molecule has 0 aromatic carbocycles.